The summed E-state index contributed by atoms with van der Waals surface area (Å²) in [6, 6.07) is 10.8. The molecular formula is C22H27N3O8S2. The highest BCUT2D eigenvalue weighted by Gasteiger charge is 2.32. The molecule has 2 aromatic rings. The lowest BCUT2D eigenvalue weighted by atomic mass is 10.2. The zero-order valence-electron chi connectivity index (χ0n) is 19.3. The number of carbonyl (C=O) groups is 2. The molecule has 35 heavy (non-hydrogen) atoms. The summed E-state index contributed by atoms with van der Waals surface area (Å²) in [6.45, 7) is 2.89. The van der Waals surface area contributed by atoms with Gasteiger partial charge < -0.3 is 5.32 Å². The molecule has 1 unspecified atom stereocenters. The second-order valence-electron chi connectivity index (χ2n) is 7.93. The monoisotopic (exact) mass is 525 g/mol. The van der Waals surface area contributed by atoms with Crippen LogP contribution in [-0.2, 0) is 33.4 Å². The van der Waals surface area contributed by atoms with Crippen LogP contribution in [0.5, 0.6) is 0 Å². The molecule has 1 aliphatic rings. The predicted octanol–water partition coefficient (Wildman–Crippen LogP) is 0.924. The molecule has 1 fully saturated rings. The van der Waals surface area contributed by atoms with E-state index in [-0.39, 0.29) is 42.6 Å². The Bertz CT molecular complexity index is 1180. The first kappa shape index (κ1) is 26.8. The van der Waals surface area contributed by atoms with E-state index in [2.05, 4.69) is 10.6 Å². The van der Waals surface area contributed by atoms with E-state index in [1.54, 1.807) is 24.3 Å². The molecule has 0 saturated carbocycles. The third kappa shape index (κ3) is 7.32. The maximum absolute atomic E-state index is 12.5. The summed E-state index contributed by atoms with van der Waals surface area (Å²) >= 11 is 0. The first-order valence-electron chi connectivity index (χ1n) is 10.7. The highest BCUT2D eigenvalue weighted by atomic mass is 32.2. The van der Waals surface area contributed by atoms with Crippen LogP contribution in [0.4, 0.5) is 4.79 Å². The molecule has 3 rings (SSSR count). The number of hydrogen-bond acceptors (Lipinski definition) is 9. The van der Waals surface area contributed by atoms with E-state index in [9.17, 15) is 26.4 Å². The van der Waals surface area contributed by atoms with E-state index >= 15 is 0 Å². The van der Waals surface area contributed by atoms with Crippen LogP contribution in [0, 0.1) is 13.8 Å². The SMILES string of the molecule is Cc1ccc(S(=O)(=O)OCCN(CCOS(=O)(=O)c2ccc(C)cc2)C2CNC(=O)NC2=O)cc1. The number of urea groups is 1. The Kier molecular flexibility index (Phi) is 8.61. The zero-order chi connectivity index (χ0) is 25.6. The molecule has 1 saturated heterocycles. The normalized spacial score (nSPS) is 16.7. The number of rotatable bonds is 11. The topological polar surface area (TPSA) is 148 Å². The summed E-state index contributed by atoms with van der Waals surface area (Å²) in [4.78, 5) is 25.2. The van der Waals surface area contributed by atoms with Crippen LogP contribution >= 0.6 is 0 Å². The van der Waals surface area contributed by atoms with Crippen LogP contribution in [0.15, 0.2) is 58.3 Å². The van der Waals surface area contributed by atoms with Crippen molar-refractivity contribution in [1.82, 2.24) is 15.5 Å². The van der Waals surface area contributed by atoms with E-state index < -0.39 is 38.2 Å². The van der Waals surface area contributed by atoms with Crippen molar-refractivity contribution in [2.24, 2.45) is 0 Å². The molecule has 0 bridgehead atoms. The van der Waals surface area contributed by atoms with Crippen molar-refractivity contribution in [1.29, 1.82) is 0 Å². The molecule has 13 heteroatoms. The first-order chi connectivity index (χ1) is 16.5. The van der Waals surface area contributed by atoms with E-state index in [0.717, 1.165) is 11.1 Å². The Hall–Kier alpha value is -2.84. The number of benzene rings is 2. The van der Waals surface area contributed by atoms with Gasteiger partial charge in [0.05, 0.1) is 23.0 Å². The standard InChI is InChI=1S/C22H27N3O8S2/c1-16-3-7-18(8-4-16)34(28,29)32-13-11-25(20-15-23-22(27)24-21(20)26)12-14-33-35(30,31)19-9-5-17(2)6-10-19/h3-10,20H,11-15H2,1-2H3,(H2,23,24,26,27). The van der Waals surface area contributed by atoms with Crippen LogP contribution in [0.3, 0.4) is 0 Å². The van der Waals surface area contributed by atoms with Crippen molar-refractivity contribution in [3.8, 4) is 0 Å². The highest BCUT2D eigenvalue weighted by molar-refractivity contribution is 7.87. The molecule has 1 heterocycles. The number of carbonyl (C=O) groups excluding carboxylic acids is 2. The smallest absolute Gasteiger partial charge is 0.321 e. The molecule has 3 amide bonds. The third-order valence-corrected chi connectivity index (χ3v) is 7.94. The molecule has 0 spiro atoms. The van der Waals surface area contributed by atoms with E-state index in [1.807, 2.05) is 13.8 Å². The second-order valence-corrected chi connectivity index (χ2v) is 11.2. The minimum Gasteiger partial charge on any atom is -0.336 e. The molecule has 1 atom stereocenters. The quantitative estimate of drug-likeness (QED) is 0.409. The zero-order valence-corrected chi connectivity index (χ0v) is 20.9. The summed E-state index contributed by atoms with van der Waals surface area (Å²) in [6.07, 6.45) is 0. The molecule has 2 aromatic carbocycles. The lowest BCUT2D eigenvalue weighted by molar-refractivity contribution is -0.126. The van der Waals surface area contributed by atoms with Gasteiger partial charge in [-0.2, -0.15) is 16.8 Å². The van der Waals surface area contributed by atoms with Crippen molar-refractivity contribution < 1.29 is 34.8 Å². The van der Waals surface area contributed by atoms with Crippen LogP contribution in [0.1, 0.15) is 11.1 Å². The summed E-state index contributed by atoms with van der Waals surface area (Å²) in [5.41, 5.74) is 1.78. The maximum Gasteiger partial charge on any atom is 0.321 e. The third-order valence-electron chi connectivity index (χ3n) is 5.29. The number of nitrogens with one attached hydrogen (secondary N) is 2. The van der Waals surface area contributed by atoms with Gasteiger partial charge in [0.25, 0.3) is 20.2 Å². The van der Waals surface area contributed by atoms with Gasteiger partial charge in [-0.25, -0.2) is 4.79 Å². The van der Waals surface area contributed by atoms with Crippen LogP contribution in [-0.4, -0.2) is 72.6 Å². The fourth-order valence-corrected chi connectivity index (χ4v) is 5.11. The minimum absolute atomic E-state index is 0.00940. The average Bonchev–Trinajstić information content (AvgIpc) is 2.79. The lowest BCUT2D eigenvalue weighted by Crippen LogP contribution is -2.61. The largest absolute Gasteiger partial charge is 0.336 e. The van der Waals surface area contributed by atoms with Gasteiger partial charge in [0.15, 0.2) is 0 Å². The number of nitrogens with zero attached hydrogens (tertiary/aromatic N) is 1. The fraction of sp³-hybridized carbons (Fsp3) is 0.364. The fourth-order valence-electron chi connectivity index (χ4n) is 3.31. The van der Waals surface area contributed by atoms with Crippen molar-refractivity contribution in [2.75, 3.05) is 32.8 Å². The van der Waals surface area contributed by atoms with Crippen molar-refractivity contribution in [3.63, 3.8) is 0 Å². The summed E-state index contributed by atoms with van der Waals surface area (Å²) in [5.74, 6) is -0.600. The Morgan fingerprint density at radius 3 is 1.63 bits per heavy atom. The highest BCUT2D eigenvalue weighted by Crippen LogP contribution is 2.15. The van der Waals surface area contributed by atoms with Crippen molar-refractivity contribution in [3.05, 3.63) is 59.7 Å². The lowest BCUT2D eigenvalue weighted by Gasteiger charge is -2.32. The average molecular weight is 526 g/mol. The Labute approximate surface area is 204 Å². The van der Waals surface area contributed by atoms with Gasteiger partial charge in [-0.1, -0.05) is 35.4 Å². The van der Waals surface area contributed by atoms with Gasteiger partial charge >= 0.3 is 6.03 Å². The van der Waals surface area contributed by atoms with E-state index in [4.69, 9.17) is 8.37 Å². The molecular weight excluding hydrogens is 498 g/mol. The van der Waals surface area contributed by atoms with Crippen LogP contribution in [0.25, 0.3) is 0 Å². The summed E-state index contributed by atoms with van der Waals surface area (Å²) < 4.78 is 60.0. The number of aryl methyl sites for hydroxylation is 2. The first-order valence-corrected chi connectivity index (χ1v) is 13.5. The molecule has 1 aliphatic heterocycles. The molecule has 11 nitrogen and oxygen atoms in total. The van der Waals surface area contributed by atoms with Gasteiger partial charge in [0, 0.05) is 19.6 Å². The van der Waals surface area contributed by atoms with Crippen LogP contribution in [0.2, 0.25) is 0 Å². The maximum atomic E-state index is 12.5. The van der Waals surface area contributed by atoms with Crippen LogP contribution < -0.4 is 10.6 Å². The van der Waals surface area contributed by atoms with Gasteiger partial charge in [0.1, 0.15) is 6.04 Å². The summed E-state index contributed by atoms with van der Waals surface area (Å²) in [7, 11) is -8.07. The van der Waals surface area contributed by atoms with Gasteiger partial charge in [-0.15, -0.1) is 0 Å². The predicted molar refractivity (Wildman–Crippen MR) is 126 cm³/mol. The van der Waals surface area contributed by atoms with Gasteiger partial charge in [-0.3, -0.25) is 23.4 Å². The number of amides is 3. The molecule has 190 valence electrons. The summed E-state index contributed by atoms with van der Waals surface area (Å²) in [5, 5.41) is 4.62. The molecule has 2 N–H and O–H groups in total. The van der Waals surface area contributed by atoms with Crippen molar-refractivity contribution >= 4 is 32.2 Å². The Balaban J connectivity index is 1.65. The molecule has 0 radical (unpaired) electrons. The minimum atomic E-state index is -4.03. The van der Waals surface area contributed by atoms with Gasteiger partial charge in [0.2, 0.25) is 5.91 Å². The molecule has 0 aliphatic carbocycles. The Morgan fingerprint density at radius 1 is 0.800 bits per heavy atom. The molecule has 0 aromatic heterocycles. The van der Waals surface area contributed by atoms with Crippen molar-refractivity contribution in [2.45, 2.75) is 29.7 Å². The second kappa shape index (κ2) is 11.3. The number of imide groups is 1. The van der Waals surface area contributed by atoms with E-state index in [1.165, 1.54) is 29.2 Å². The number of hydrogen-bond donors (Lipinski definition) is 2. The van der Waals surface area contributed by atoms with E-state index in [0.29, 0.717) is 0 Å². The Morgan fingerprint density at radius 2 is 1.23 bits per heavy atom. The van der Waals surface area contributed by atoms with Gasteiger partial charge in [-0.05, 0) is 38.1 Å².